The van der Waals surface area contributed by atoms with Crippen LogP contribution in [0.3, 0.4) is 0 Å². The summed E-state index contributed by atoms with van der Waals surface area (Å²) < 4.78 is 6.29. The van der Waals surface area contributed by atoms with E-state index in [9.17, 15) is 9.59 Å². The Morgan fingerprint density at radius 1 is 1.19 bits per heavy atom. The molecule has 0 saturated carbocycles. The van der Waals surface area contributed by atoms with Gasteiger partial charge in [-0.1, -0.05) is 12.1 Å². The maximum atomic E-state index is 12.4. The highest BCUT2D eigenvalue weighted by atomic mass is 79.9. The number of aromatic nitrogens is 1. The van der Waals surface area contributed by atoms with Crippen molar-refractivity contribution in [2.24, 2.45) is 0 Å². The van der Waals surface area contributed by atoms with Gasteiger partial charge >= 0.3 is 0 Å². The molecule has 0 aliphatic carbocycles. The van der Waals surface area contributed by atoms with E-state index >= 15 is 0 Å². The van der Waals surface area contributed by atoms with Gasteiger partial charge < -0.3 is 4.74 Å². The third kappa shape index (κ3) is 1.90. The zero-order chi connectivity index (χ0) is 14.6. The standard InChI is InChI=1S/C15H11BrN2O3/c16-9-6-8-2-1-3-10(13(8)17-7-9)18-14(19)11-4-5-12(21-11)15(18)20/h1-3,6-7,11-12H,4-5H2. The fraction of sp³-hybridized carbons (Fsp3) is 0.267. The van der Waals surface area contributed by atoms with Crippen molar-refractivity contribution in [2.45, 2.75) is 25.0 Å². The van der Waals surface area contributed by atoms with E-state index in [1.54, 1.807) is 12.3 Å². The molecule has 2 aliphatic heterocycles. The highest BCUT2D eigenvalue weighted by molar-refractivity contribution is 9.10. The van der Waals surface area contributed by atoms with E-state index in [0.717, 1.165) is 9.86 Å². The molecule has 2 amide bonds. The molecule has 2 unspecified atom stereocenters. The fourth-order valence-electron chi connectivity index (χ4n) is 2.93. The number of hydrogen-bond acceptors (Lipinski definition) is 4. The van der Waals surface area contributed by atoms with Gasteiger partial charge in [0.1, 0.15) is 12.2 Å². The van der Waals surface area contributed by atoms with Gasteiger partial charge in [-0.2, -0.15) is 0 Å². The zero-order valence-corrected chi connectivity index (χ0v) is 12.5. The van der Waals surface area contributed by atoms with E-state index in [1.165, 1.54) is 4.90 Å². The van der Waals surface area contributed by atoms with Gasteiger partial charge in [-0.15, -0.1) is 0 Å². The minimum atomic E-state index is -0.501. The summed E-state index contributed by atoms with van der Waals surface area (Å²) in [4.78, 5) is 30.5. The number of carbonyl (C=O) groups is 2. The number of ether oxygens (including phenoxy) is 1. The molecule has 4 rings (SSSR count). The third-order valence-electron chi connectivity index (χ3n) is 3.91. The third-order valence-corrected chi connectivity index (χ3v) is 4.34. The van der Waals surface area contributed by atoms with Gasteiger partial charge in [0, 0.05) is 16.1 Å². The van der Waals surface area contributed by atoms with E-state index in [4.69, 9.17) is 4.74 Å². The normalized spacial score (nSPS) is 24.9. The lowest BCUT2D eigenvalue weighted by atomic mass is 10.1. The van der Waals surface area contributed by atoms with Gasteiger partial charge in [-0.05, 0) is 40.9 Å². The minimum Gasteiger partial charge on any atom is -0.355 e. The largest absolute Gasteiger partial charge is 0.355 e. The van der Waals surface area contributed by atoms with Crippen molar-refractivity contribution in [3.05, 3.63) is 34.9 Å². The highest BCUT2D eigenvalue weighted by Crippen LogP contribution is 2.34. The first-order chi connectivity index (χ1) is 10.1. The Balaban J connectivity index is 1.90. The second-order valence-corrected chi connectivity index (χ2v) is 6.12. The second-order valence-electron chi connectivity index (χ2n) is 5.20. The number of halogens is 1. The number of rotatable bonds is 1. The molecule has 2 bridgehead atoms. The van der Waals surface area contributed by atoms with Crippen molar-refractivity contribution in [3.8, 4) is 0 Å². The molecule has 2 saturated heterocycles. The Morgan fingerprint density at radius 3 is 2.62 bits per heavy atom. The van der Waals surface area contributed by atoms with Crippen molar-refractivity contribution in [3.63, 3.8) is 0 Å². The lowest BCUT2D eigenvalue weighted by Gasteiger charge is -2.30. The summed E-state index contributed by atoms with van der Waals surface area (Å²) in [5, 5.41) is 0.876. The molecule has 2 fully saturated rings. The van der Waals surface area contributed by atoms with Crippen LogP contribution in [0.1, 0.15) is 12.8 Å². The molecular formula is C15H11BrN2O3. The monoisotopic (exact) mass is 346 g/mol. The Labute approximate surface area is 129 Å². The molecule has 0 spiro atoms. The summed E-state index contributed by atoms with van der Waals surface area (Å²) in [7, 11) is 0. The van der Waals surface area contributed by atoms with Gasteiger partial charge in [-0.3, -0.25) is 14.6 Å². The number of amides is 2. The number of para-hydroxylation sites is 1. The first-order valence-corrected chi connectivity index (χ1v) is 7.52. The molecule has 1 aromatic carbocycles. The Kier molecular flexibility index (Phi) is 2.83. The number of imide groups is 1. The van der Waals surface area contributed by atoms with E-state index < -0.39 is 12.2 Å². The van der Waals surface area contributed by atoms with Gasteiger partial charge in [0.2, 0.25) is 0 Å². The number of morpholine rings is 1. The maximum Gasteiger partial charge on any atom is 0.263 e. The molecule has 6 heteroatoms. The number of anilines is 1. The van der Waals surface area contributed by atoms with Crippen LogP contribution in [0, 0.1) is 0 Å². The zero-order valence-electron chi connectivity index (χ0n) is 11.0. The average Bonchev–Trinajstić information content (AvgIpc) is 2.92. The van der Waals surface area contributed by atoms with Crippen molar-refractivity contribution >= 4 is 44.3 Å². The van der Waals surface area contributed by atoms with Crippen molar-refractivity contribution in [2.75, 3.05) is 4.90 Å². The molecule has 2 atom stereocenters. The summed E-state index contributed by atoms with van der Waals surface area (Å²) in [5.74, 6) is -0.572. The van der Waals surface area contributed by atoms with E-state index in [1.807, 2.05) is 18.2 Å². The number of carbonyl (C=O) groups excluding carboxylic acids is 2. The van der Waals surface area contributed by atoms with Crippen molar-refractivity contribution in [1.82, 2.24) is 4.98 Å². The fourth-order valence-corrected chi connectivity index (χ4v) is 3.28. The number of pyridine rings is 1. The summed E-state index contributed by atoms with van der Waals surface area (Å²) in [6.45, 7) is 0. The molecule has 106 valence electrons. The first-order valence-electron chi connectivity index (χ1n) is 6.73. The summed E-state index contributed by atoms with van der Waals surface area (Å²) in [6, 6.07) is 7.39. The Hall–Kier alpha value is -1.79. The molecule has 2 aromatic rings. The molecule has 3 heterocycles. The summed E-state index contributed by atoms with van der Waals surface area (Å²) in [5.41, 5.74) is 1.18. The quantitative estimate of drug-likeness (QED) is 0.744. The van der Waals surface area contributed by atoms with Gasteiger partial charge in [0.05, 0.1) is 11.2 Å². The number of nitrogens with zero attached hydrogens (tertiary/aromatic N) is 2. The summed E-state index contributed by atoms with van der Waals surface area (Å²) >= 11 is 3.38. The van der Waals surface area contributed by atoms with Crippen LogP contribution < -0.4 is 4.90 Å². The van der Waals surface area contributed by atoms with Crippen LogP contribution in [0.2, 0.25) is 0 Å². The second kappa shape index (κ2) is 4.61. The Bertz CT molecular complexity index is 755. The van der Waals surface area contributed by atoms with Crippen LogP contribution in [0.5, 0.6) is 0 Å². The first kappa shape index (κ1) is 12.9. The SMILES string of the molecule is O=C1C2CCC(O2)C(=O)N1c1cccc2cc(Br)cnc12. The van der Waals surface area contributed by atoms with Crippen LogP contribution in [0.4, 0.5) is 5.69 Å². The molecule has 0 N–H and O–H groups in total. The van der Waals surface area contributed by atoms with Crippen LogP contribution in [0.15, 0.2) is 34.9 Å². The Morgan fingerprint density at radius 2 is 1.90 bits per heavy atom. The van der Waals surface area contributed by atoms with Gasteiger partial charge in [0.25, 0.3) is 11.8 Å². The van der Waals surface area contributed by atoms with Gasteiger partial charge in [0.15, 0.2) is 0 Å². The number of fused-ring (bicyclic) bond motifs is 3. The summed E-state index contributed by atoms with van der Waals surface area (Å²) in [6.07, 6.45) is 1.87. The maximum absolute atomic E-state index is 12.4. The predicted octanol–water partition coefficient (Wildman–Crippen LogP) is 2.42. The predicted molar refractivity (Wildman–Crippen MR) is 79.8 cm³/mol. The topological polar surface area (TPSA) is 59.5 Å². The van der Waals surface area contributed by atoms with Crippen LogP contribution in [-0.2, 0) is 14.3 Å². The highest BCUT2D eigenvalue weighted by Gasteiger charge is 2.47. The smallest absolute Gasteiger partial charge is 0.263 e. The van der Waals surface area contributed by atoms with Crippen LogP contribution >= 0.6 is 15.9 Å². The van der Waals surface area contributed by atoms with Crippen molar-refractivity contribution < 1.29 is 14.3 Å². The van der Waals surface area contributed by atoms with Crippen molar-refractivity contribution in [1.29, 1.82) is 0 Å². The number of hydrogen-bond donors (Lipinski definition) is 0. The minimum absolute atomic E-state index is 0.286. The molecule has 21 heavy (non-hydrogen) atoms. The number of benzene rings is 1. The lowest BCUT2D eigenvalue weighted by Crippen LogP contribution is -2.52. The molecule has 5 nitrogen and oxygen atoms in total. The van der Waals surface area contributed by atoms with E-state index in [2.05, 4.69) is 20.9 Å². The van der Waals surface area contributed by atoms with E-state index in [-0.39, 0.29) is 11.8 Å². The lowest BCUT2D eigenvalue weighted by molar-refractivity contribution is -0.146. The van der Waals surface area contributed by atoms with Crippen LogP contribution in [0.25, 0.3) is 10.9 Å². The van der Waals surface area contributed by atoms with Gasteiger partial charge in [-0.25, -0.2) is 4.90 Å². The average molecular weight is 347 g/mol. The molecule has 0 radical (unpaired) electrons. The van der Waals surface area contributed by atoms with Crippen LogP contribution in [-0.4, -0.2) is 29.0 Å². The molecule has 2 aliphatic rings. The molecular weight excluding hydrogens is 336 g/mol. The van der Waals surface area contributed by atoms with E-state index in [0.29, 0.717) is 24.0 Å². The molecule has 1 aromatic heterocycles.